The summed E-state index contributed by atoms with van der Waals surface area (Å²) in [7, 11) is 1.57. The molecule has 0 aromatic heterocycles. The fourth-order valence-corrected chi connectivity index (χ4v) is 3.46. The van der Waals surface area contributed by atoms with Gasteiger partial charge in [-0.25, -0.2) is 0 Å². The summed E-state index contributed by atoms with van der Waals surface area (Å²) in [4.78, 5) is 39.0. The van der Waals surface area contributed by atoms with Gasteiger partial charge in [-0.05, 0) is 49.2 Å². The van der Waals surface area contributed by atoms with Crippen LogP contribution in [0, 0.1) is 0 Å². The number of hydrogen-bond acceptors (Lipinski definition) is 4. The molecule has 2 aromatic rings. The Morgan fingerprint density at radius 3 is 2.55 bits per heavy atom. The highest BCUT2D eigenvalue weighted by molar-refractivity contribution is 6.33. The maximum absolute atomic E-state index is 12.6. The van der Waals surface area contributed by atoms with E-state index in [1.165, 1.54) is 4.90 Å². The zero-order chi connectivity index (χ0) is 20.8. The smallest absolute Gasteiger partial charge is 0.253 e. The Morgan fingerprint density at radius 2 is 1.86 bits per heavy atom. The van der Waals surface area contributed by atoms with Gasteiger partial charge in [0.15, 0.2) is 0 Å². The van der Waals surface area contributed by atoms with E-state index in [0.29, 0.717) is 35.0 Å². The van der Waals surface area contributed by atoms with E-state index in [9.17, 15) is 14.4 Å². The first-order valence-corrected chi connectivity index (χ1v) is 9.64. The van der Waals surface area contributed by atoms with Crippen LogP contribution in [-0.4, -0.2) is 48.9 Å². The second-order valence-electron chi connectivity index (χ2n) is 6.63. The summed E-state index contributed by atoms with van der Waals surface area (Å²) in [5.74, 6) is -0.298. The molecule has 1 unspecified atom stereocenters. The quantitative estimate of drug-likeness (QED) is 0.759. The van der Waals surface area contributed by atoms with Gasteiger partial charge >= 0.3 is 0 Å². The molecule has 1 heterocycles. The Bertz CT molecular complexity index is 901. The van der Waals surface area contributed by atoms with Crippen LogP contribution in [0.5, 0.6) is 5.75 Å². The molecule has 3 rings (SSSR count). The molecule has 1 saturated heterocycles. The van der Waals surface area contributed by atoms with Crippen LogP contribution in [0.15, 0.2) is 48.5 Å². The van der Waals surface area contributed by atoms with Gasteiger partial charge in [-0.15, -0.1) is 0 Å². The molecule has 0 aliphatic carbocycles. The summed E-state index contributed by atoms with van der Waals surface area (Å²) in [6.07, 6.45) is 1.30. The van der Waals surface area contributed by atoms with E-state index in [1.807, 2.05) is 0 Å². The minimum Gasteiger partial charge on any atom is -0.497 e. The first-order valence-electron chi connectivity index (χ1n) is 9.26. The molecule has 0 saturated carbocycles. The highest BCUT2D eigenvalue weighted by Crippen LogP contribution is 2.21. The zero-order valence-corrected chi connectivity index (χ0v) is 16.7. The van der Waals surface area contributed by atoms with Gasteiger partial charge < -0.3 is 20.3 Å². The van der Waals surface area contributed by atoms with Crippen molar-refractivity contribution in [2.24, 2.45) is 0 Å². The number of rotatable bonds is 6. The van der Waals surface area contributed by atoms with E-state index < -0.39 is 11.9 Å². The Hall–Kier alpha value is -3.06. The largest absolute Gasteiger partial charge is 0.497 e. The van der Waals surface area contributed by atoms with Crippen molar-refractivity contribution in [2.75, 3.05) is 25.5 Å². The van der Waals surface area contributed by atoms with E-state index in [0.717, 1.165) is 6.42 Å². The number of methoxy groups -OCH3 is 1. The number of likely N-dealkylation sites (tertiary alicyclic amines) is 1. The minimum atomic E-state index is -0.568. The number of carbonyl (C=O) groups is 3. The second-order valence-corrected chi connectivity index (χ2v) is 7.03. The number of halogens is 1. The third kappa shape index (κ3) is 5.06. The fraction of sp³-hybridized carbons (Fsp3) is 0.286. The Kier molecular flexibility index (Phi) is 6.72. The molecule has 152 valence electrons. The van der Waals surface area contributed by atoms with Gasteiger partial charge in [0.1, 0.15) is 11.8 Å². The second kappa shape index (κ2) is 9.43. The van der Waals surface area contributed by atoms with E-state index in [4.69, 9.17) is 16.3 Å². The topological polar surface area (TPSA) is 87.7 Å². The molecule has 0 radical (unpaired) electrons. The van der Waals surface area contributed by atoms with E-state index in [1.54, 1.807) is 55.6 Å². The van der Waals surface area contributed by atoms with Crippen LogP contribution < -0.4 is 15.4 Å². The molecule has 0 bridgehead atoms. The highest BCUT2D eigenvalue weighted by Gasteiger charge is 2.34. The number of nitrogens with one attached hydrogen (secondary N) is 2. The number of hydrogen-bond donors (Lipinski definition) is 2. The fourth-order valence-electron chi connectivity index (χ4n) is 3.24. The van der Waals surface area contributed by atoms with Gasteiger partial charge in [0, 0.05) is 12.2 Å². The van der Waals surface area contributed by atoms with Crippen molar-refractivity contribution in [1.82, 2.24) is 10.2 Å². The molecule has 3 amide bonds. The molecule has 1 aliphatic heterocycles. The van der Waals surface area contributed by atoms with Crippen molar-refractivity contribution in [3.63, 3.8) is 0 Å². The van der Waals surface area contributed by atoms with Crippen LogP contribution in [0.3, 0.4) is 0 Å². The van der Waals surface area contributed by atoms with Gasteiger partial charge in [0.2, 0.25) is 11.8 Å². The number of ether oxygens (including phenoxy) is 1. The Balaban J connectivity index is 1.57. The lowest BCUT2D eigenvalue weighted by molar-refractivity contribution is -0.135. The predicted molar refractivity (Wildman–Crippen MR) is 110 cm³/mol. The lowest BCUT2D eigenvalue weighted by Gasteiger charge is -2.24. The summed E-state index contributed by atoms with van der Waals surface area (Å²) in [5, 5.41) is 5.72. The molecule has 1 atom stereocenters. The molecule has 1 fully saturated rings. The molecule has 0 spiro atoms. The van der Waals surface area contributed by atoms with Gasteiger partial charge in [0.25, 0.3) is 5.91 Å². The maximum Gasteiger partial charge on any atom is 0.253 e. The van der Waals surface area contributed by atoms with Crippen LogP contribution in [0.1, 0.15) is 23.2 Å². The summed E-state index contributed by atoms with van der Waals surface area (Å²) < 4.78 is 5.10. The minimum absolute atomic E-state index is 0.198. The lowest BCUT2D eigenvalue weighted by atomic mass is 10.2. The molecule has 2 aromatic carbocycles. The summed E-state index contributed by atoms with van der Waals surface area (Å²) in [6.45, 7) is 0.276. The standard InChI is InChI=1S/C21H22ClN3O4/c1-29-15-10-8-14(9-11-15)24-21(28)18-7-4-12-25(18)19(26)13-23-20(27)16-5-2-3-6-17(16)22/h2-3,5-6,8-11,18H,4,7,12-13H2,1H3,(H,23,27)(H,24,28). The van der Waals surface area contributed by atoms with Crippen molar-refractivity contribution in [2.45, 2.75) is 18.9 Å². The normalized spacial score (nSPS) is 15.7. The van der Waals surface area contributed by atoms with Gasteiger partial charge in [-0.2, -0.15) is 0 Å². The monoisotopic (exact) mass is 415 g/mol. The number of nitrogens with zero attached hydrogens (tertiary/aromatic N) is 1. The predicted octanol–water partition coefficient (Wildman–Crippen LogP) is 2.71. The molecular formula is C21H22ClN3O4. The van der Waals surface area contributed by atoms with Gasteiger partial charge in [-0.1, -0.05) is 23.7 Å². The van der Waals surface area contributed by atoms with Gasteiger partial charge in [0.05, 0.1) is 24.2 Å². The number of benzene rings is 2. The van der Waals surface area contributed by atoms with Crippen LogP contribution in [0.4, 0.5) is 5.69 Å². The third-order valence-electron chi connectivity index (χ3n) is 4.75. The zero-order valence-electron chi connectivity index (χ0n) is 16.0. The van der Waals surface area contributed by atoms with Crippen LogP contribution in [0.2, 0.25) is 5.02 Å². The highest BCUT2D eigenvalue weighted by atomic mass is 35.5. The van der Waals surface area contributed by atoms with E-state index in [2.05, 4.69) is 10.6 Å². The Labute approximate surface area is 174 Å². The number of anilines is 1. The van der Waals surface area contributed by atoms with Crippen molar-refractivity contribution in [1.29, 1.82) is 0 Å². The summed E-state index contributed by atoms with van der Waals surface area (Å²) >= 11 is 6.01. The lowest BCUT2D eigenvalue weighted by Crippen LogP contribution is -2.47. The number of amides is 3. The molecule has 8 heteroatoms. The van der Waals surface area contributed by atoms with E-state index >= 15 is 0 Å². The number of carbonyl (C=O) groups excluding carboxylic acids is 3. The first-order chi connectivity index (χ1) is 14.0. The first kappa shape index (κ1) is 20.7. The van der Waals surface area contributed by atoms with Crippen LogP contribution >= 0.6 is 11.6 Å². The maximum atomic E-state index is 12.6. The average Bonchev–Trinajstić information content (AvgIpc) is 3.23. The van der Waals surface area contributed by atoms with Crippen LogP contribution in [0.25, 0.3) is 0 Å². The summed E-state index contributed by atoms with van der Waals surface area (Å²) in [6, 6.07) is 13.0. The molecule has 7 nitrogen and oxygen atoms in total. The molecule has 2 N–H and O–H groups in total. The van der Waals surface area contributed by atoms with Crippen molar-refractivity contribution in [3.8, 4) is 5.75 Å². The third-order valence-corrected chi connectivity index (χ3v) is 5.08. The molecule has 29 heavy (non-hydrogen) atoms. The average molecular weight is 416 g/mol. The van der Waals surface area contributed by atoms with Crippen LogP contribution in [-0.2, 0) is 9.59 Å². The molecular weight excluding hydrogens is 394 g/mol. The van der Waals surface area contributed by atoms with Crippen molar-refractivity contribution in [3.05, 3.63) is 59.1 Å². The van der Waals surface area contributed by atoms with E-state index in [-0.39, 0.29) is 18.4 Å². The summed E-state index contributed by atoms with van der Waals surface area (Å²) in [5.41, 5.74) is 0.930. The Morgan fingerprint density at radius 1 is 1.14 bits per heavy atom. The van der Waals surface area contributed by atoms with Crippen molar-refractivity contribution < 1.29 is 19.1 Å². The molecule has 1 aliphatic rings. The SMILES string of the molecule is COc1ccc(NC(=O)C2CCCN2C(=O)CNC(=O)c2ccccc2Cl)cc1. The van der Waals surface area contributed by atoms with Gasteiger partial charge in [-0.3, -0.25) is 14.4 Å². The van der Waals surface area contributed by atoms with Crippen molar-refractivity contribution >= 4 is 35.0 Å².